The fourth-order valence-corrected chi connectivity index (χ4v) is 5.11. The zero-order chi connectivity index (χ0) is 30.2. The quantitative estimate of drug-likeness (QED) is 0.0994. The van der Waals surface area contributed by atoms with E-state index in [1.165, 1.54) is 14.0 Å². The Hall–Kier alpha value is -4.67. The number of aromatic nitrogens is 1. The van der Waals surface area contributed by atoms with E-state index in [2.05, 4.69) is 32.0 Å². The number of amides is 3. The number of amidine groups is 1. The number of carbonyl (C=O) groups excluding carboxylic acids is 4. The number of allylic oxidation sites excluding steroid dienone is 1. The number of fused-ring (bicyclic) bond motifs is 2. The van der Waals surface area contributed by atoms with Crippen molar-refractivity contribution in [2.45, 2.75) is 64.1 Å². The van der Waals surface area contributed by atoms with Crippen LogP contribution in [0.2, 0.25) is 0 Å². The molecule has 2 heterocycles. The van der Waals surface area contributed by atoms with Gasteiger partial charge in [-0.3, -0.25) is 19.4 Å². The summed E-state index contributed by atoms with van der Waals surface area (Å²) < 4.78 is 4.93. The van der Waals surface area contributed by atoms with Gasteiger partial charge in [0, 0.05) is 41.7 Å². The number of aromatic amines is 1. The van der Waals surface area contributed by atoms with Gasteiger partial charge in [0.25, 0.3) is 0 Å². The number of nitrogens with one attached hydrogen (secondary N) is 4. The Morgan fingerprint density at radius 2 is 1.69 bits per heavy atom. The molecule has 0 fully saturated rings. The first-order valence-corrected chi connectivity index (χ1v) is 14.0. The van der Waals surface area contributed by atoms with Crippen molar-refractivity contribution in [3.8, 4) is 0 Å². The van der Waals surface area contributed by atoms with Crippen LogP contribution in [0.15, 0.2) is 53.5 Å². The van der Waals surface area contributed by atoms with Crippen LogP contribution < -0.4 is 21.7 Å². The molecular formula is C31H38N6O5. The van der Waals surface area contributed by atoms with Gasteiger partial charge in [-0.15, -0.1) is 0 Å². The molecule has 4 bridgehead atoms. The van der Waals surface area contributed by atoms with Crippen LogP contribution in [0.25, 0.3) is 21.8 Å². The Morgan fingerprint density at radius 1 is 1.00 bits per heavy atom. The number of ether oxygens (including phenoxy) is 1. The van der Waals surface area contributed by atoms with Crippen LogP contribution in [-0.2, 0) is 36.8 Å². The first kappa shape index (κ1) is 30.3. The second-order valence-electron chi connectivity index (χ2n) is 10.6. The third kappa shape index (κ3) is 7.74. The number of methoxy groups -OCH3 is 1. The predicted molar refractivity (Wildman–Crippen MR) is 162 cm³/mol. The number of hydrogen-bond acceptors (Lipinski definition) is 6. The maximum Gasteiger partial charge on any atom is 0.328 e. The maximum absolute atomic E-state index is 13.6. The summed E-state index contributed by atoms with van der Waals surface area (Å²) in [5.41, 5.74) is 9.52. The van der Waals surface area contributed by atoms with Crippen LogP contribution >= 0.6 is 0 Å². The zero-order valence-electron chi connectivity index (χ0n) is 24.2. The van der Waals surface area contributed by atoms with E-state index in [1.807, 2.05) is 42.5 Å². The number of esters is 1. The van der Waals surface area contributed by atoms with E-state index >= 15 is 0 Å². The highest BCUT2D eigenvalue weighted by atomic mass is 16.5. The third-order valence-electron chi connectivity index (χ3n) is 7.20. The van der Waals surface area contributed by atoms with Gasteiger partial charge in [-0.05, 0) is 68.0 Å². The van der Waals surface area contributed by atoms with E-state index in [-0.39, 0.29) is 25.2 Å². The SMILES string of the molecule is COC(=O)[C@@H]1C/C=C/Cc2ccc3[nH]c4ccc(cc4c3c2)CC(NC(C)=O)C(=O)N[C@H](CCCN=C(C)N)C(=O)N1. The largest absolute Gasteiger partial charge is 0.467 e. The summed E-state index contributed by atoms with van der Waals surface area (Å²) in [4.78, 5) is 59.2. The van der Waals surface area contributed by atoms with Crippen molar-refractivity contribution in [2.24, 2.45) is 10.7 Å². The lowest BCUT2D eigenvalue weighted by Gasteiger charge is -2.24. The zero-order valence-corrected chi connectivity index (χ0v) is 24.2. The number of rotatable bonds is 6. The molecule has 4 rings (SSSR count). The van der Waals surface area contributed by atoms with E-state index in [9.17, 15) is 19.2 Å². The molecular weight excluding hydrogens is 536 g/mol. The van der Waals surface area contributed by atoms with Crippen LogP contribution in [0.4, 0.5) is 0 Å². The highest BCUT2D eigenvalue weighted by Crippen LogP contribution is 2.28. The normalized spacial score (nSPS) is 21.1. The van der Waals surface area contributed by atoms with Crippen LogP contribution in [0.1, 0.15) is 44.2 Å². The van der Waals surface area contributed by atoms with Crippen molar-refractivity contribution in [1.82, 2.24) is 20.9 Å². The smallest absolute Gasteiger partial charge is 0.328 e. The molecule has 11 heteroatoms. The van der Waals surface area contributed by atoms with Gasteiger partial charge in [0.05, 0.1) is 12.9 Å². The summed E-state index contributed by atoms with van der Waals surface area (Å²) in [5.74, 6) is -1.60. The summed E-state index contributed by atoms with van der Waals surface area (Å²) >= 11 is 0. The number of nitrogens with zero attached hydrogens (tertiary/aromatic N) is 1. The maximum atomic E-state index is 13.6. The van der Waals surface area contributed by atoms with E-state index < -0.39 is 35.9 Å². The minimum atomic E-state index is -0.983. The summed E-state index contributed by atoms with van der Waals surface area (Å²) in [6.45, 7) is 3.38. The summed E-state index contributed by atoms with van der Waals surface area (Å²) in [7, 11) is 1.26. The molecule has 222 valence electrons. The van der Waals surface area contributed by atoms with Gasteiger partial charge >= 0.3 is 5.97 Å². The Balaban J connectivity index is 1.72. The highest BCUT2D eigenvalue weighted by molar-refractivity contribution is 6.07. The molecule has 3 aromatic rings. The molecule has 11 nitrogen and oxygen atoms in total. The van der Waals surface area contributed by atoms with Crippen LogP contribution in [0.5, 0.6) is 0 Å². The Morgan fingerprint density at radius 3 is 2.36 bits per heavy atom. The summed E-state index contributed by atoms with van der Waals surface area (Å²) in [6.07, 6.45) is 5.55. The fourth-order valence-electron chi connectivity index (χ4n) is 5.11. The number of carbonyl (C=O) groups is 4. The molecule has 6 N–H and O–H groups in total. The molecule has 0 saturated carbocycles. The van der Waals surface area contributed by atoms with Gasteiger partial charge in [0.15, 0.2) is 0 Å². The second-order valence-corrected chi connectivity index (χ2v) is 10.6. The Labute approximate surface area is 244 Å². The second kappa shape index (κ2) is 13.8. The monoisotopic (exact) mass is 574 g/mol. The predicted octanol–water partition coefficient (Wildman–Crippen LogP) is 2.17. The molecule has 2 aromatic carbocycles. The molecule has 1 aromatic heterocycles. The minimum absolute atomic E-state index is 0.211. The van der Waals surface area contributed by atoms with Crippen LogP contribution in [0.3, 0.4) is 0 Å². The number of H-pyrrole nitrogens is 1. The molecule has 1 unspecified atom stereocenters. The van der Waals surface area contributed by atoms with E-state index in [1.54, 1.807) is 6.92 Å². The summed E-state index contributed by atoms with van der Waals surface area (Å²) in [6, 6.07) is 9.23. The molecule has 0 saturated heterocycles. The van der Waals surface area contributed by atoms with Crippen LogP contribution in [-0.4, -0.2) is 66.3 Å². The number of aliphatic imine (C=N–C) groups is 1. The van der Waals surface area contributed by atoms with E-state index in [4.69, 9.17) is 10.5 Å². The number of benzene rings is 2. The van der Waals surface area contributed by atoms with Crippen molar-refractivity contribution < 1.29 is 23.9 Å². The number of nitrogens with two attached hydrogens (primary N) is 1. The van der Waals surface area contributed by atoms with E-state index in [0.717, 1.165) is 32.9 Å². The molecule has 3 amide bonds. The van der Waals surface area contributed by atoms with Crippen molar-refractivity contribution in [1.29, 1.82) is 0 Å². The van der Waals surface area contributed by atoms with Gasteiger partial charge in [0.1, 0.15) is 18.1 Å². The standard InChI is InChI=1S/C31H38N6O5/c1-18(32)33-14-6-9-26-29(39)37-27(31(41)42-3)8-5-4-7-20-10-12-24-22(15-20)23-16-21(11-13-25(23)35-24)17-28(30(40)36-26)34-19(2)38/h4-5,10-13,15-16,26-28,35H,6-9,14,17H2,1-3H3,(H2,32,33)(H,34,38)(H,36,40)(H,37,39)/b5-4+/t26-,27+,28?/m1/s1. The molecule has 3 atom stereocenters. The first-order chi connectivity index (χ1) is 20.1. The highest BCUT2D eigenvalue weighted by Gasteiger charge is 2.29. The Kier molecular flexibility index (Phi) is 9.95. The molecule has 42 heavy (non-hydrogen) atoms. The number of hydrogen-bond donors (Lipinski definition) is 5. The van der Waals surface area contributed by atoms with Gasteiger partial charge in [-0.25, -0.2) is 4.79 Å². The van der Waals surface area contributed by atoms with Crippen molar-refractivity contribution in [3.63, 3.8) is 0 Å². The van der Waals surface area contributed by atoms with Gasteiger partial charge < -0.3 is 31.4 Å². The van der Waals surface area contributed by atoms with E-state index in [0.29, 0.717) is 25.2 Å². The molecule has 0 aliphatic carbocycles. The molecule has 1 aliphatic heterocycles. The topological polar surface area (TPSA) is 168 Å². The lowest BCUT2D eigenvalue weighted by atomic mass is 10.0. The summed E-state index contributed by atoms with van der Waals surface area (Å²) in [5, 5.41) is 10.3. The van der Waals surface area contributed by atoms with Crippen molar-refractivity contribution >= 4 is 51.3 Å². The third-order valence-corrected chi connectivity index (χ3v) is 7.20. The Bertz CT molecular complexity index is 1540. The average Bonchev–Trinajstić information content (AvgIpc) is 3.31. The van der Waals surface area contributed by atoms with Gasteiger partial charge in [0.2, 0.25) is 17.7 Å². The lowest BCUT2D eigenvalue weighted by Crippen LogP contribution is -2.56. The molecule has 0 spiro atoms. The fraction of sp³-hybridized carbons (Fsp3) is 0.387. The van der Waals surface area contributed by atoms with Gasteiger partial charge in [-0.2, -0.15) is 0 Å². The van der Waals surface area contributed by atoms with Gasteiger partial charge in [-0.1, -0.05) is 24.3 Å². The first-order valence-electron chi connectivity index (χ1n) is 14.0. The van der Waals surface area contributed by atoms with Crippen LogP contribution in [0, 0.1) is 0 Å². The van der Waals surface area contributed by atoms with Crippen molar-refractivity contribution in [2.75, 3.05) is 13.7 Å². The van der Waals surface area contributed by atoms with Crippen molar-refractivity contribution in [3.05, 3.63) is 59.7 Å². The molecule has 1 aliphatic rings. The lowest BCUT2D eigenvalue weighted by molar-refractivity contribution is -0.145. The average molecular weight is 575 g/mol. The molecule has 0 radical (unpaired) electrons. The minimum Gasteiger partial charge on any atom is -0.467 e.